The van der Waals surface area contributed by atoms with Gasteiger partial charge in [-0.1, -0.05) is 42.5 Å². The van der Waals surface area contributed by atoms with E-state index in [2.05, 4.69) is 5.32 Å². The van der Waals surface area contributed by atoms with Crippen LogP contribution in [0, 0.1) is 0 Å². The average Bonchev–Trinajstić information content (AvgIpc) is 2.78. The fourth-order valence-corrected chi connectivity index (χ4v) is 3.14. The number of amides is 1. The van der Waals surface area contributed by atoms with Crippen LogP contribution in [0.5, 0.6) is 0 Å². The highest BCUT2D eigenvalue weighted by molar-refractivity contribution is 6.08. The van der Waals surface area contributed by atoms with Crippen LogP contribution in [-0.4, -0.2) is 19.0 Å². The molecule has 1 N–H and O–H groups in total. The summed E-state index contributed by atoms with van der Waals surface area (Å²) in [5.74, 6) is -0.923. The largest absolute Gasteiger partial charge is 0.465 e. The molecule has 3 aromatic carbocycles. The molecule has 0 bridgehead atoms. The highest BCUT2D eigenvalue weighted by Gasteiger charge is 2.15. The van der Waals surface area contributed by atoms with Gasteiger partial charge in [0.1, 0.15) is 5.58 Å². The van der Waals surface area contributed by atoms with E-state index >= 15 is 0 Å². The van der Waals surface area contributed by atoms with Gasteiger partial charge in [0.25, 0.3) is 5.91 Å². The molecule has 0 aliphatic carbocycles. The quantitative estimate of drug-likeness (QED) is 0.403. The lowest BCUT2D eigenvalue weighted by Gasteiger charge is -2.10. The number of rotatable bonds is 4. The van der Waals surface area contributed by atoms with E-state index in [0.717, 1.165) is 5.39 Å². The molecule has 0 radical (unpaired) electrons. The molecular formula is C24H17NO5. The number of ether oxygens (including phenoxy) is 1. The van der Waals surface area contributed by atoms with E-state index in [-0.39, 0.29) is 11.5 Å². The number of fused-ring (bicyclic) bond motifs is 1. The second-order valence-corrected chi connectivity index (χ2v) is 6.55. The molecule has 0 aliphatic heterocycles. The highest BCUT2D eigenvalue weighted by Crippen LogP contribution is 2.22. The van der Waals surface area contributed by atoms with Gasteiger partial charge in [0.05, 0.1) is 23.9 Å². The zero-order valence-corrected chi connectivity index (χ0v) is 16.0. The van der Waals surface area contributed by atoms with Crippen molar-refractivity contribution in [3.8, 4) is 11.1 Å². The van der Waals surface area contributed by atoms with Gasteiger partial charge in [-0.25, -0.2) is 9.59 Å². The Kier molecular flexibility index (Phi) is 5.13. The van der Waals surface area contributed by atoms with Crippen LogP contribution >= 0.6 is 0 Å². The molecular weight excluding hydrogens is 382 g/mol. The Bertz CT molecular complexity index is 1310. The van der Waals surface area contributed by atoms with Gasteiger partial charge in [-0.2, -0.15) is 0 Å². The van der Waals surface area contributed by atoms with E-state index < -0.39 is 11.6 Å². The number of benzene rings is 3. The monoisotopic (exact) mass is 399 g/mol. The predicted molar refractivity (Wildman–Crippen MR) is 114 cm³/mol. The minimum Gasteiger partial charge on any atom is -0.465 e. The molecule has 148 valence electrons. The lowest BCUT2D eigenvalue weighted by Crippen LogP contribution is -2.15. The molecule has 0 saturated carbocycles. The van der Waals surface area contributed by atoms with Crippen LogP contribution < -0.4 is 10.9 Å². The summed E-state index contributed by atoms with van der Waals surface area (Å²) in [6.45, 7) is 0. The zero-order valence-electron chi connectivity index (χ0n) is 16.0. The molecule has 1 heterocycles. The van der Waals surface area contributed by atoms with Crippen molar-refractivity contribution < 1.29 is 18.7 Å². The molecule has 0 atom stereocenters. The van der Waals surface area contributed by atoms with Crippen molar-refractivity contribution in [2.45, 2.75) is 0 Å². The first-order valence-electron chi connectivity index (χ1n) is 9.19. The van der Waals surface area contributed by atoms with Gasteiger partial charge >= 0.3 is 11.6 Å². The van der Waals surface area contributed by atoms with Crippen molar-refractivity contribution in [1.29, 1.82) is 0 Å². The average molecular weight is 399 g/mol. The Morgan fingerprint density at radius 2 is 1.60 bits per heavy atom. The van der Waals surface area contributed by atoms with E-state index in [4.69, 9.17) is 9.15 Å². The topological polar surface area (TPSA) is 85.6 Å². The van der Waals surface area contributed by atoms with E-state index in [1.807, 2.05) is 12.1 Å². The third-order valence-electron chi connectivity index (χ3n) is 4.68. The minimum atomic E-state index is -0.538. The molecule has 0 fully saturated rings. The van der Waals surface area contributed by atoms with Crippen LogP contribution in [0.4, 0.5) is 5.69 Å². The molecule has 0 saturated heterocycles. The van der Waals surface area contributed by atoms with Gasteiger partial charge in [0.15, 0.2) is 0 Å². The molecule has 6 heteroatoms. The van der Waals surface area contributed by atoms with Crippen LogP contribution in [0.3, 0.4) is 0 Å². The highest BCUT2D eigenvalue weighted by atomic mass is 16.5. The van der Waals surface area contributed by atoms with Gasteiger partial charge < -0.3 is 14.5 Å². The van der Waals surface area contributed by atoms with Crippen molar-refractivity contribution >= 4 is 28.5 Å². The maximum absolute atomic E-state index is 12.6. The zero-order chi connectivity index (χ0) is 21.1. The second-order valence-electron chi connectivity index (χ2n) is 6.55. The molecule has 1 amide bonds. The van der Waals surface area contributed by atoms with Crippen LogP contribution in [0.15, 0.2) is 88.1 Å². The van der Waals surface area contributed by atoms with Gasteiger partial charge in [-0.3, -0.25) is 4.79 Å². The Morgan fingerprint density at radius 3 is 2.37 bits per heavy atom. The third kappa shape index (κ3) is 3.71. The third-order valence-corrected chi connectivity index (χ3v) is 4.68. The molecule has 4 aromatic rings. The van der Waals surface area contributed by atoms with Crippen LogP contribution in [-0.2, 0) is 4.74 Å². The number of nitrogens with one attached hydrogen (secondary N) is 1. The van der Waals surface area contributed by atoms with Gasteiger partial charge in [0, 0.05) is 10.9 Å². The number of hydrogen-bond acceptors (Lipinski definition) is 5. The second kappa shape index (κ2) is 8.05. The fraction of sp³-hybridized carbons (Fsp3) is 0.0417. The summed E-state index contributed by atoms with van der Waals surface area (Å²) in [7, 11) is 1.28. The van der Waals surface area contributed by atoms with E-state index in [9.17, 15) is 14.4 Å². The lowest BCUT2D eigenvalue weighted by molar-refractivity contribution is 0.0602. The van der Waals surface area contributed by atoms with Crippen LogP contribution in [0.2, 0.25) is 0 Å². The summed E-state index contributed by atoms with van der Waals surface area (Å²) >= 11 is 0. The first-order chi connectivity index (χ1) is 14.6. The van der Waals surface area contributed by atoms with E-state index in [0.29, 0.717) is 28.0 Å². The van der Waals surface area contributed by atoms with Crippen molar-refractivity contribution in [2.24, 2.45) is 0 Å². The minimum absolute atomic E-state index is 0.263. The fourth-order valence-electron chi connectivity index (χ4n) is 3.14. The number of para-hydroxylation sites is 2. The number of carbonyl (C=O) groups excluding carboxylic acids is 2. The van der Waals surface area contributed by atoms with Crippen molar-refractivity contribution in [2.75, 3.05) is 12.4 Å². The first-order valence-corrected chi connectivity index (χ1v) is 9.19. The smallest absolute Gasteiger partial charge is 0.344 e. The number of methoxy groups -OCH3 is 1. The predicted octanol–water partition coefficient (Wildman–Crippen LogP) is 4.50. The summed E-state index contributed by atoms with van der Waals surface area (Å²) in [6.07, 6.45) is 0. The molecule has 1 aromatic heterocycles. The lowest BCUT2D eigenvalue weighted by atomic mass is 10.0. The molecule has 30 heavy (non-hydrogen) atoms. The Labute approximate surface area is 171 Å². The number of hydrogen-bond donors (Lipinski definition) is 1. The SMILES string of the molecule is COC(=O)c1ccccc1NC(=O)c1ccc(-c2cc3ccccc3oc2=O)cc1. The number of carbonyl (C=O) groups is 2. The number of esters is 1. The summed E-state index contributed by atoms with van der Waals surface area (Å²) < 4.78 is 10.1. The van der Waals surface area contributed by atoms with Crippen molar-refractivity contribution in [1.82, 2.24) is 0 Å². The summed E-state index contributed by atoms with van der Waals surface area (Å²) in [6, 6.07) is 22.2. The summed E-state index contributed by atoms with van der Waals surface area (Å²) in [4.78, 5) is 36.8. The van der Waals surface area contributed by atoms with Gasteiger partial charge in [-0.15, -0.1) is 0 Å². The van der Waals surface area contributed by atoms with Crippen molar-refractivity contribution in [3.63, 3.8) is 0 Å². The summed E-state index contributed by atoms with van der Waals surface area (Å²) in [5.41, 5.74) is 2.12. The number of anilines is 1. The maximum Gasteiger partial charge on any atom is 0.344 e. The molecule has 0 unspecified atom stereocenters. The Hall–Kier alpha value is -4.19. The first kappa shape index (κ1) is 19.1. The van der Waals surface area contributed by atoms with E-state index in [1.165, 1.54) is 7.11 Å². The molecule has 6 nitrogen and oxygen atoms in total. The molecule has 4 rings (SSSR count). The normalized spacial score (nSPS) is 10.6. The van der Waals surface area contributed by atoms with Crippen LogP contribution in [0.1, 0.15) is 20.7 Å². The van der Waals surface area contributed by atoms with Crippen LogP contribution in [0.25, 0.3) is 22.1 Å². The van der Waals surface area contributed by atoms with Gasteiger partial charge in [0.2, 0.25) is 0 Å². The van der Waals surface area contributed by atoms with E-state index in [1.54, 1.807) is 66.7 Å². The Morgan fingerprint density at radius 1 is 0.900 bits per heavy atom. The van der Waals surface area contributed by atoms with Gasteiger partial charge in [-0.05, 0) is 42.0 Å². The van der Waals surface area contributed by atoms with Crippen molar-refractivity contribution in [3.05, 3.63) is 100 Å². The molecule has 0 aliphatic rings. The summed E-state index contributed by atoms with van der Waals surface area (Å²) in [5, 5.41) is 3.53. The Balaban J connectivity index is 1.60. The molecule has 0 spiro atoms. The standard InChI is InChI=1S/C24H17NO5/c1-29-23(27)18-7-3-4-8-20(18)25-22(26)16-12-10-15(11-13-16)19-14-17-6-2-5-9-21(17)30-24(19)28/h2-14H,1H3,(H,25,26). The maximum atomic E-state index is 12.6.